The molecule has 0 aliphatic carbocycles. The first-order chi connectivity index (χ1) is 17.0. The third-order valence-electron chi connectivity index (χ3n) is 6.06. The van der Waals surface area contributed by atoms with Gasteiger partial charge in [-0.25, -0.2) is 4.79 Å². The molecule has 5 amide bonds. The molecule has 1 aromatic carbocycles. The average molecular weight is 481 g/mol. The first-order valence-corrected chi connectivity index (χ1v) is 11.5. The number of piperazine rings is 1. The molecule has 2 atom stereocenters. The van der Waals surface area contributed by atoms with E-state index in [1.807, 2.05) is 0 Å². The van der Waals surface area contributed by atoms with Gasteiger partial charge in [0.25, 0.3) is 5.91 Å². The molecule has 3 N–H and O–H groups in total. The normalized spacial score (nSPS) is 20.0. The van der Waals surface area contributed by atoms with Crippen LogP contribution in [0.2, 0.25) is 0 Å². The molecule has 2 saturated heterocycles. The zero-order valence-electron chi connectivity index (χ0n) is 19.4. The fourth-order valence-electron chi connectivity index (χ4n) is 4.17. The first kappa shape index (κ1) is 24.0. The first-order valence-electron chi connectivity index (χ1n) is 11.5. The quantitative estimate of drug-likeness (QED) is 0.581. The van der Waals surface area contributed by atoms with Crippen LogP contribution in [0.1, 0.15) is 23.2 Å². The number of carbonyl (C=O) groups is 4. The minimum Gasteiger partial charge on any atom is -0.497 e. The van der Waals surface area contributed by atoms with E-state index in [9.17, 15) is 19.2 Å². The van der Waals surface area contributed by atoms with Crippen molar-refractivity contribution >= 4 is 29.4 Å². The lowest BCUT2D eigenvalue weighted by Gasteiger charge is -2.41. The van der Waals surface area contributed by atoms with Gasteiger partial charge in [0.2, 0.25) is 11.8 Å². The predicted molar refractivity (Wildman–Crippen MR) is 127 cm³/mol. The van der Waals surface area contributed by atoms with Crippen molar-refractivity contribution in [2.24, 2.45) is 0 Å². The third-order valence-corrected chi connectivity index (χ3v) is 6.06. The molecule has 11 heteroatoms. The number of pyridine rings is 1. The van der Waals surface area contributed by atoms with Crippen LogP contribution in [0.5, 0.6) is 5.75 Å². The van der Waals surface area contributed by atoms with Crippen molar-refractivity contribution in [3.05, 3.63) is 54.4 Å². The largest absolute Gasteiger partial charge is 0.497 e. The van der Waals surface area contributed by atoms with Crippen molar-refractivity contribution in [3.63, 3.8) is 0 Å². The zero-order chi connectivity index (χ0) is 24.8. The number of hydrogen-bond acceptors (Lipinski definition) is 6. The van der Waals surface area contributed by atoms with E-state index in [-0.39, 0.29) is 31.4 Å². The molecule has 1 aromatic heterocycles. The van der Waals surface area contributed by atoms with E-state index in [2.05, 4.69) is 20.9 Å². The third kappa shape index (κ3) is 5.68. The van der Waals surface area contributed by atoms with Gasteiger partial charge in [-0.1, -0.05) is 6.07 Å². The number of nitrogens with zero attached hydrogens (tertiary/aromatic N) is 3. The number of amides is 5. The molecule has 4 rings (SSSR count). The number of carbonyl (C=O) groups excluding carboxylic acids is 4. The number of anilines is 1. The van der Waals surface area contributed by atoms with Crippen molar-refractivity contribution in [3.8, 4) is 5.75 Å². The maximum Gasteiger partial charge on any atom is 0.321 e. The van der Waals surface area contributed by atoms with E-state index >= 15 is 0 Å². The van der Waals surface area contributed by atoms with Crippen molar-refractivity contribution < 1.29 is 23.9 Å². The molecular weight excluding hydrogens is 452 g/mol. The van der Waals surface area contributed by atoms with Crippen LogP contribution in [0.3, 0.4) is 0 Å². The standard InChI is InChI=1S/C24H28N6O5/c1-35-18-7-2-6-17(13-18)27-24(34)29-11-12-30(23(33)16-5-3-9-25-14-16)20(15-29)22(32)28-19-8-4-10-26-21(19)31/h2-3,5-7,9,13-14,19-20H,4,8,10-12,15H2,1H3,(H,26,31)(H,27,34)(H,28,32)/t19-,20-/m1/s1. The van der Waals surface area contributed by atoms with Gasteiger partial charge in [0.1, 0.15) is 17.8 Å². The van der Waals surface area contributed by atoms with Crippen molar-refractivity contribution in [2.45, 2.75) is 24.9 Å². The maximum absolute atomic E-state index is 13.3. The summed E-state index contributed by atoms with van der Waals surface area (Å²) >= 11 is 0. The highest BCUT2D eigenvalue weighted by atomic mass is 16.5. The lowest BCUT2D eigenvalue weighted by atomic mass is 10.0. The summed E-state index contributed by atoms with van der Waals surface area (Å²) in [6.07, 6.45) is 4.26. The van der Waals surface area contributed by atoms with E-state index in [4.69, 9.17) is 4.74 Å². The zero-order valence-corrected chi connectivity index (χ0v) is 19.4. The lowest BCUT2D eigenvalue weighted by Crippen LogP contribution is -2.64. The van der Waals surface area contributed by atoms with Gasteiger partial charge in [-0.05, 0) is 37.1 Å². The predicted octanol–water partition coefficient (Wildman–Crippen LogP) is 0.844. The van der Waals surface area contributed by atoms with Crippen LogP contribution in [-0.4, -0.2) is 83.9 Å². The van der Waals surface area contributed by atoms with E-state index in [0.717, 1.165) is 6.42 Å². The Bertz CT molecular complexity index is 1090. The number of urea groups is 1. The van der Waals surface area contributed by atoms with Gasteiger partial charge in [-0.3, -0.25) is 19.4 Å². The number of aromatic nitrogens is 1. The van der Waals surface area contributed by atoms with Crippen molar-refractivity contribution in [1.29, 1.82) is 0 Å². The Morgan fingerprint density at radius 1 is 1.17 bits per heavy atom. The number of piperidine rings is 1. The maximum atomic E-state index is 13.3. The summed E-state index contributed by atoms with van der Waals surface area (Å²) in [5.41, 5.74) is 0.887. The fourth-order valence-corrected chi connectivity index (χ4v) is 4.17. The van der Waals surface area contributed by atoms with E-state index in [0.29, 0.717) is 30.0 Å². The minimum absolute atomic E-state index is 0.0258. The van der Waals surface area contributed by atoms with Crippen LogP contribution in [0.15, 0.2) is 48.8 Å². The monoisotopic (exact) mass is 480 g/mol. The summed E-state index contributed by atoms with van der Waals surface area (Å²) in [6, 6.07) is 8.16. The summed E-state index contributed by atoms with van der Waals surface area (Å²) < 4.78 is 5.19. The summed E-state index contributed by atoms with van der Waals surface area (Å²) in [5.74, 6) is -0.502. The molecule has 0 unspecified atom stereocenters. The molecular formula is C24H28N6O5. The Kier molecular flexibility index (Phi) is 7.44. The number of ether oxygens (including phenoxy) is 1. The van der Waals surface area contributed by atoms with Crippen molar-refractivity contribution in [2.75, 3.05) is 38.6 Å². The molecule has 2 aromatic rings. The molecule has 0 radical (unpaired) electrons. The number of hydrogen-bond donors (Lipinski definition) is 3. The molecule has 184 valence electrons. The lowest BCUT2D eigenvalue weighted by molar-refractivity contribution is -0.133. The number of methoxy groups -OCH3 is 1. The Morgan fingerprint density at radius 2 is 2.03 bits per heavy atom. The van der Waals surface area contributed by atoms with Gasteiger partial charge >= 0.3 is 6.03 Å². The molecule has 3 heterocycles. The van der Waals surface area contributed by atoms with Crippen LogP contribution in [0, 0.1) is 0 Å². The minimum atomic E-state index is -0.970. The van der Waals surface area contributed by atoms with Crippen molar-refractivity contribution in [1.82, 2.24) is 25.4 Å². The van der Waals surface area contributed by atoms with E-state index in [1.165, 1.54) is 23.1 Å². The molecule has 2 fully saturated rings. The molecule has 0 saturated carbocycles. The van der Waals surface area contributed by atoms with E-state index < -0.39 is 24.0 Å². The Hall–Kier alpha value is -4.15. The highest BCUT2D eigenvalue weighted by Crippen LogP contribution is 2.19. The number of nitrogens with one attached hydrogen (secondary N) is 3. The summed E-state index contributed by atoms with van der Waals surface area (Å²) in [4.78, 5) is 58.6. The summed E-state index contributed by atoms with van der Waals surface area (Å²) in [6.45, 7) is 0.921. The molecule has 11 nitrogen and oxygen atoms in total. The average Bonchev–Trinajstić information content (AvgIpc) is 2.89. The Labute approximate surface area is 202 Å². The van der Waals surface area contributed by atoms with Gasteiger partial charge in [0, 0.05) is 43.8 Å². The Morgan fingerprint density at radius 3 is 2.77 bits per heavy atom. The Balaban J connectivity index is 1.51. The van der Waals surface area contributed by atoms with Crippen LogP contribution in [0.25, 0.3) is 0 Å². The van der Waals surface area contributed by atoms with Gasteiger partial charge in [0.15, 0.2) is 0 Å². The van der Waals surface area contributed by atoms with Gasteiger partial charge in [0.05, 0.1) is 19.2 Å². The molecule has 2 aliphatic heterocycles. The highest BCUT2D eigenvalue weighted by Gasteiger charge is 2.39. The second-order valence-electron chi connectivity index (χ2n) is 8.36. The second-order valence-corrected chi connectivity index (χ2v) is 8.36. The smallest absolute Gasteiger partial charge is 0.321 e. The van der Waals surface area contributed by atoms with Gasteiger partial charge in [-0.2, -0.15) is 0 Å². The van der Waals surface area contributed by atoms with Crippen LogP contribution >= 0.6 is 0 Å². The fraction of sp³-hybridized carbons (Fsp3) is 0.375. The number of benzene rings is 1. The molecule has 35 heavy (non-hydrogen) atoms. The van der Waals surface area contributed by atoms with Gasteiger partial charge < -0.3 is 30.5 Å². The van der Waals surface area contributed by atoms with Crippen LogP contribution < -0.4 is 20.7 Å². The van der Waals surface area contributed by atoms with E-state index in [1.54, 1.807) is 42.6 Å². The van der Waals surface area contributed by atoms with Crippen LogP contribution in [-0.2, 0) is 9.59 Å². The topological polar surface area (TPSA) is 133 Å². The van der Waals surface area contributed by atoms with Gasteiger partial charge in [-0.15, -0.1) is 0 Å². The summed E-state index contributed by atoms with van der Waals surface area (Å²) in [7, 11) is 1.54. The molecule has 2 aliphatic rings. The number of rotatable bonds is 5. The highest BCUT2D eigenvalue weighted by molar-refractivity contribution is 5.99. The molecule has 0 bridgehead atoms. The SMILES string of the molecule is COc1cccc(NC(=O)N2CCN(C(=O)c3cccnc3)[C@@H](C(=O)N[C@@H]3CCCNC3=O)C2)c1. The summed E-state index contributed by atoms with van der Waals surface area (Å²) in [5, 5.41) is 8.31. The second kappa shape index (κ2) is 10.9. The molecule has 0 spiro atoms. The van der Waals surface area contributed by atoms with Crippen LogP contribution in [0.4, 0.5) is 10.5 Å².